The molecule has 2 unspecified atom stereocenters. The molecule has 15 heavy (non-hydrogen) atoms. The first-order valence-electron chi connectivity index (χ1n) is 5.70. The molecule has 0 bridgehead atoms. The lowest BCUT2D eigenvalue weighted by Crippen LogP contribution is -2.25. The maximum atomic E-state index is 10.0. The zero-order chi connectivity index (χ0) is 10.7. The molecule has 2 N–H and O–H groups in total. The average molecular weight is 206 g/mol. The predicted octanol–water partition coefficient (Wildman–Crippen LogP) is 2.27. The van der Waals surface area contributed by atoms with Gasteiger partial charge >= 0.3 is 0 Å². The van der Waals surface area contributed by atoms with E-state index in [-0.39, 0.29) is 5.92 Å². The third kappa shape index (κ3) is 2.39. The van der Waals surface area contributed by atoms with Crippen molar-refractivity contribution < 1.29 is 10.2 Å². The Morgan fingerprint density at radius 1 is 1.00 bits per heavy atom. The quantitative estimate of drug-likeness (QED) is 0.796. The summed E-state index contributed by atoms with van der Waals surface area (Å²) in [5.74, 6) is 0.278. The summed E-state index contributed by atoms with van der Waals surface area (Å²) in [7, 11) is 0. The number of aliphatic hydroxyl groups excluding tert-OH is 2. The third-order valence-electron chi connectivity index (χ3n) is 3.35. The van der Waals surface area contributed by atoms with Gasteiger partial charge in [-0.1, -0.05) is 43.2 Å². The Kier molecular flexibility index (Phi) is 3.39. The van der Waals surface area contributed by atoms with Gasteiger partial charge in [0.05, 0.1) is 6.10 Å². The molecule has 0 spiro atoms. The predicted molar refractivity (Wildman–Crippen MR) is 59.4 cm³/mol. The molecule has 0 heterocycles. The Morgan fingerprint density at radius 2 is 1.60 bits per heavy atom. The Hall–Kier alpha value is -0.860. The van der Waals surface area contributed by atoms with Crippen LogP contribution < -0.4 is 0 Å². The lowest BCUT2D eigenvalue weighted by Gasteiger charge is -2.23. The molecule has 2 rings (SSSR count). The molecule has 1 aliphatic rings. The fraction of sp³-hybridized carbons (Fsp3) is 0.538. The first-order chi connectivity index (χ1) is 7.29. The second kappa shape index (κ2) is 4.77. The Bertz CT molecular complexity index is 291. The number of rotatable bonds is 3. The molecular weight excluding hydrogens is 188 g/mol. The minimum atomic E-state index is -0.728. The minimum Gasteiger partial charge on any atom is -0.390 e. The van der Waals surface area contributed by atoms with E-state index in [0.29, 0.717) is 0 Å². The van der Waals surface area contributed by atoms with Crippen LogP contribution in [0.3, 0.4) is 0 Å². The maximum absolute atomic E-state index is 10.0. The second-order valence-electron chi connectivity index (χ2n) is 4.39. The van der Waals surface area contributed by atoms with E-state index in [0.717, 1.165) is 18.4 Å². The highest BCUT2D eigenvalue weighted by molar-refractivity contribution is 5.18. The van der Waals surface area contributed by atoms with Crippen molar-refractivity contribution in [2.45, 2.75) is 37.9 Å². The van der Waals surface area contributed by atoms with Gasteiger partial charge < -0.3 is 10.2 Å². The topological polar surface area (TPSA) is 40.5 Å². The highest BCUT2D eigenvalue weighted by Crippen LogP contribution is 2.33. The summed E-state index contributed by atoms with van der Waals surface area (Å²) in [6, 6.07) is 9.42. The van der Waals surface area contributed by atoms with Crippen molar-refractivity contribution in [2.75, 3.05) is 0 Å². The molecule has 1 fully saturated rings. The van der Waals surface area contributed by atoms with E-state index in [9.17, 15) is 10.2 Å². The molecule has 0 radical (unpaired) electrons. The van der Waals surface area contributed by atoms with Gasteiger partial charge in [-0.3, -0.25) is 0 Å². The highest BCUT2D eigenvalue weighted by atomic mass is 16.3. The summed E-state index contributed by atoms with van der Waals surface area (Å²) in [5.41, 5.74) is 0.817. The minimum absolute atomic E-state index is 0.278. The fourth-order valence-corrected chi connectivity index (χ4v) is 2.40. The first-order valence-corrected chi connectivity index (χ1v) is 5.70. The zero-order valence-electron chi connectivity index (χ0n) is 8.84. The van der Waals surface area contributed by atoms with Gasteiger partial charge in [0.25, 0.3) is 0 Å². The molecular formula is C13H18O2. The molecule has 1 saturated carbocycles. The van der Waals surface area contributed by atoms with Gasteiger partial charge in [-0.2, -0.15) is 0 Å². The van der Waals surface area contributed by atoms with Gasteiger partial charge in [-0.05, 0) is 24.3 Å². The second-order valence-corrected chi connectivity index (χ2v) is 4.39. The molecule has 1 aromatic rings. The summed E-state index contributed by atoms with van der Waals surface area (Å²) < 4.78 is 0. The van der Waals surface area contributed by atoms with Crippen LogP contribution in [0.15, 0.2) is 30.3 Å². The Morgan fingerprint density at radius 3 is 2.20 bits per heavy atom. The van der Waals surface area contributed by atoms with E-state index >= 15 is 0 Å². The van der Waals surface area contributed by atoms with Gasteiger partial charge in [-0.15, -0.1) is 0 Å². The van der Waals surface area contributed by atoms with E-state index in [1.807, 2.05) is 30.3 Å². The van der Waals surface area contributed by atoms with Crippen LogP contribution in [-0.2, 0) is 0 Å². The van der Waals surface area contributed by atoms with Crippen LogP contribution in [0, 0.1) is 5.92 Å². The molecule has 2 heteroatoms. The summed E-state index contributed by atoms with van der Waals surface area (Å²) >= 11 is 0. The van der Waals surface area contributed by atoms with Crippen molar-refractivity contribution in [3.05, 3.63) is 35.9 Å². The van der Waals surface area contributed by atoms with E-state index in [4.69, 9.17) is 0 Å². The normalized spacial score (nSPS) is 21.5. The molecule has 2 atom stereocenters. The van der Waals surface area contributed by atoms with Crippen LogP contribution in [0.2, 0.25) is 0 Å². The van der Waals surface area contributed by atoms with Crippen molar-refractivity contribution in [1.29, 1.82) is 0 Å². The summed E-state index contributed by atoms with van der Waals surface area (Å²) in [6.45, 7) is 0. The standard InChI is InChI=1S/C13H18O2/c14-12(10-6-2-1-3-7-10)13(15)11-8-4-5-9-11/h1-3,6-7,11-15H,4-5,8-9H2. The summed E-state index contributed by atoms with van der Waals surface area (Å²) in [6.07, 6.45) is 3.13. The summed E-state index contributed by atoms with van der Waals surface area (Å²) in [5, 5.41) is 20.0. The van der Waals surface area contributed by atoms with Gasteiger partial charge in [0.15, 0.2) is 0 Å². The van der Waals surface area contributed by atoms with Crippen molar-refractivity contribution in [3.8, 4) is 0 Å². The van der Waals surface area contributed by atoms with Crippen LogP contribution in [0.1, 0.15) is 37.4 Å². The fourth-order valence-electron chi connectivity index (χ4n) is 2.40. The third-order valence-corrected chi connectivity index (χ3v) is 3.35. The SMILES string of the molecule is OC(c1ccccc1)C(O)C1CCCC1. The van der Waals surface area contributed by atoms with Crippen molar-refractivity contribution in [2.24, 2.45) is 5.92 Å². The molecule has 1 aliphatic carbocycles. The highest BCUT2D eigenvalue weighted by Gasteiger charge is 2.29. The smallest absolute Gasteiger partial charge is 0.105 e. The van der Waals surface area contributed by atoms with E-state index < -0.39 is 12.2 Å². The maximum Gasteiger partial charge on any atom is 0.105 e. The molecule has 0 aromatic heterocycles. The van der Waals surface area contributed by atoms with Gasteiger partial charge in [0.2, 0.25) is 0 Å². The number of hydrogen-bond donors (Lipinski definition) is 2. The van der Waals surface area contributed by atoms with Crippen LogP contribution >= 0.6 is 0 Å². The van der Waals surface area contributed by atoms with E-state index in [1.54, 1.807) is 0 Å². The summed E-state index contributed by atoms with van der Waals surface area (Å²) in [4.78, 5) is 0. The van der Waals surface area contributed by atoms with E-state index in [2.05, 4.69) is 0 Å². The molecule has 1 aromatic carbocycles. The molecule has 82 valence electrons. The van der Waals surface area contributed by atoms with Crippen molar-refractivity contribution in [3.63, 3.8) is 0 Å². The van der Waals surface area contributed by atoms with Gasteiger partial charge in [-0.25, -0.2) is 0 Å². The largest absolute Gasteiger partial charge is 0.390 e. The van der Waals surface area contributed by atoms with Gasteiger partial charge in [0, 0.05) is 0 Å². The van der Waals surface area contributed by atoms with Crippen molar-refractivity contribution in [1.82, 2.24) is 0 Å². The lowest BCUT2D eigenvalue weighted by molar-refractivity contribution is -0.0170. The molecule has 0 amide bonds. The number of hydrogen-bond acceptors (Lipinski definition) is 2. The van der Waals surface area contributed by atoms with E-state index in [1.165, 1.54) is 12.8 Å². The van der Waals surface area contributed by atoms with Crippen molar-refractivity contribution >= 4 is 0 Å². The molecule has 0 aliphatic heterocycles. The monoisotopic (exact) mass is 206 g/mol. The lowest BCUT2D eigenvalue weighted by atomic mass is 9.92. The zero-order valence-corrected chi connectivity index (χ0v) is 8.84. The molecule has 2 nitrogen and oxygen atoms in total. The van der Waals surface area contributed by atoms with Crippen LogP contribution in [0.25, 0.3) is 0 Å². The first kappa shape index (κ1) is 10.7. The average Bonchev–Trinajstić information content (AvgIpc) is 2.82. The van der Waals surface area contributed by atoms with Gasteiger partial charge in [0.1, 0.15) is 6.10 Å². The Balaban J connectivity index is 2.03. The number of benzene rings is 1. The number of aliphatic hydroxyl groups is 2. The van der Waals surface area contributed by atoms with Crippen LogP contribution in [0.5, 0.6) is 0 Å². The van der Waals surface area contributed by atoms with Crippen LogP contribution in [0.4, 0.5) is 0 Å². The van der Waals surface area contributed by atoms with Crippen LogP contribution in [-0.4, -0.2) is 16.3 Å². The Labute approximate surface area is 90.6 Å². The molecule has 0 saturated heterocycles.